The molecule has 7 heteroatoms. The predicted octanol–water partition coefficient (Wildman–Crippen LogP) is 3.14. The summed E-state index contributed by atoms with van der Waals surface area (Å²) in [5, 5.41) is 3.03. The fraction of sp³-hybridized carbons (Fsp3) is 0.286. The zero-order chi connectivity index (χ0) is 24.1. The Balaban J connectivity index is 1.22. The molecule has 3 aromatic rings. The monoisotopic (exact) mass is 470 g/mol. The first-order chi connectivity index (χ1) is 17.2. The van der Waals surface area contributed by atoms with E-state index in [9.17, 15) is 9.59 Å². The molecule has 180 valence electrons. The molecule has 5 rings (SSSR count). The van der Waals surface area contributed by atoms with Crippen molar-refractivity contribution in [2.45, 2.75) is 5.54 Å². The van der Waals surface area contributed by atoms with Crippen LogP contribution in [0.5, 0.6) is 5.75 Å². The van der Waals surface area contributed by atoms with E-state index in [0.717, 1.165) is 49.6 Å². The van der Waals surface area contributed by atoms with Gasteiger partial charge < -0.3 is 10.1 Å². The number of hydrogen-bond donors (Lipinski definition) is 1. The number of piperazine rings is 1. The van der Waals surface area contributed by atoms with Gasteiger partial charge in [-0.3, -0.25) is 14.6 Å². The lowest BCUT2D eigenvalue weighted by Crippen LogP contribution is -2.52. The topological polar surface area (TPSA) is 65.1 Å². The molecule has 35 heavy (non-hydrogen) atoms. The van der Waals surface area contributed by atoms with E-state index < -0.39 is 5.54 Å². The minimum absolute atomic E-state index is 0.237. The molecule has 0 radical (unpaired) electrons. The van der Waals surface area contributed by atoms with Gasteiger partial charge in [-0.25, -0.2) is 9.69 Å². The molecule has 3 amide bonds. The standard InChI is InChI=1S/C28H30N4O3/c33-26-28(23-10-4-1-5-11-23,24-12-6-2-7-13-24)29-27(34)32(26)22-31-18-16-30(17-19-31)20-21-35-25-14-8-3-9-15-25/h1-15H,16-22H2,(H,29,34). The number of urea groups is 1. The molecule has 0 aliphatic carbocycles. The third-order valence-electron chi connectivity index (χ3n) is 6.74. The van der Waals surface area contributed by atoms with Gasteiger partial charge in [0.1, 0.15) is 12.4 Å². The van der Waals surface area contributed by atoms with Gasteiger partial charge in [0.2, 0.25) is 0 Å². The molecule has 2 fully saturated rings. The van der Waals surface area contributed by atoms with Gasteiger partial charge in [-0.05, 0) is 23.3 Å². The van der Waals surface area contributed by atoms with Crippen molar-refractivity contribution in [1.29, 1.82) is 0 Å². The van der Waals surface area contributed by atoms with E-state index in [1.165, 1.54) is 4.90 Å². The quantitative estimate of drug-likeness (QED) is 0.513. The van der Waals surface area contributed by atoms with E-state index in [0.29, 0.717) is 6.61 Å². The number of amides is 3. The first-order valence-electron chi connectivity index (χ1n) is 12.0. The number of para-hydroxylation sites is 1. The van der Waals surface area contributed by atoms with Gasteiger partial charge in [-0.15, -0.1) is 0 Å². The second-order valence-corrected chi connectivity index (χ2v) is 8.91. The zero-order valence-electron chi connectivity index (χ0n) is 19.7. The van der Waals surface area contributed by atoms with Crippen molar-refractivity contribution in [1.82, 2.24) is 20.0 Å². The maximum absolute atomic E-state index is 13.8. The van der Waals surface area contributed by atoms with E-state index in [1.807, 2.05) is 91.0 Å². The maximum atomic E-state index is 13.8. The van der Waals surface area contributed by atoms with Crippen LogP contribution in [0.25, 0.3) is 0 Å². The summed E-state index contributed by atoms with van der Waals surface area (Å²) < 4.78 is 5.82. The molecule has 1 N–H and O–H groups in total. The highest BCUT2D eigenvalue weighted by atomic mass is 16.5. The average Bonchev–Trinajstić information content (AvgIpc) is 3.17. The largest absolute Gasteiger partial charge is 0.492 e. The molecule has 2 saturated heterocycles. The second-order valence-electron chi connectivity index (χ2n) is 8.91. The van der Waals surface area contributed by atoms with Crippen LogP contribution in [0.15, 0.2) is 91.0 Å². The van der Waals surface area contributed by atoms with E-state index >= 15 is 0 Å². The Kier molecular flexibility index (Phi) is 6.79. The second kappa shape index (κ2) is 10.3. The van der Waals surface area contributed by atoms with Crippen LogP contribution in [0.3, 0.4) is 0 Å². The Hall–Kier alpha value is -3.68. The van der Waals surface area contributed by atoms with E-state index in [-0.39, 0.29) is 18.6 Å². The average molecular weight is 471 g/mol. The summed E-state index contributed by atoms with van der Waals surface area (Å²) in [5.41, 5.74) is 0.307. The highest BCUT2D eigenvalue weighted by Gasteiger charge is 2.53. The third kappa shape index (κ3) is 4.78. The molecule has 0 saturated carbocycles. The van der Waals surface area contributed by atoms with E-state index in [1.54, 1.807) is 0 Å². The Morgan fingerprint density at radius 2 is 1.23 bits per heavy atom. The summed E-state index contributed by atoms with van der Waals surface area (Å²) in [6.07, 6.45) is 0. The lowest BCUT2D eigenvalue weighted by Gasteiger charge is -2.36. The summed E-state index contributed by atoms with van der Waals surface area (Å²) in [5.74, 6) is 0.642. The van der Waals surface area contributed by atoms with Gasteiger partial charge in [0.15, 0.2) is 5.54 Å². The molecule has 3 aromatic carbocycles. The number of nitrogens with one attached hydrogen (secondary N) is 1. The van der Waals surface area contributed by atoms with E-state index in [4.69, 9.17) is 4.74 Å². The number of nitrogens with zero attached hydrogens (tertiary/aromatic N) is 3. The van der Waals surface area contributed by atoms with Crippen molar-refractivity contribution >= 4 is 11.9 Å². The van der Waals surface area contributed by atoms with Crippen LogP contribution in [-0.4, -0.2) is 72.6 Å². The minimum atomic E-state index is -1.21. The summed E-state index contributed by atoms with van der Waals surface area (Å²) in [6.45, 7) is 5.05. The molecule has 0 atom stereocenters. The fourth-order valence-corrected chi connectivity index (χ4v) is 4.80. The van der Waals surface area contributed by atoms with Crippen LogP contribution in [0.4, 0.5) is 4.79 Å². The summed E-state index contributed by atoms with van der Waals surface area (Å²) in [7, 11) is 0. The predicted molar refractivity (Wildman–Crippen MR) is 134 cm³/mol. The Morgan fingerprint density at radius 3 is 1.80 bits per heavy atom. The molecule has 0 bridgehead atoms. The zero-order valence-corrected chi connectivity index (χ0v) is 19.7. The number of rotatable bonds is 8. The number of hydrogen-bond acceptors (Lipinski definition) is 5. The SMILES string of the molecule is O=C1NC(c2ccccc2)(c2ccccc2)C(=O)N1CN1CCN(CCOc2ccccc2)CC1. The molecule has 2 heterocycles. The van der Waals surface area contributed by atoms with Crippen molar-refractivity contribution in [3.8, 4) is 5.75 Å². The molecular formula is C28H30N4O3. The number of carbonyl (C=O) groups is 2. The van der Waals surface area contributed by atoms with Crippen LogP contribution in [0, 0.1) is 0 Å². The molecule has 2 aliphatic heterocycles. The van der Waals surface area contributed by atoms with Gasteiger partial charge in [0, 0.05) is 32.7 Å². The first kappa shape index (κ1) is 23.1. The van der Waals surface area contributed by atoms with E-state index in [2.05, 4.69) is 15.1 Å². The van der Waals surface area contributed by atoms with Crippen molar-refractivity contribution in [2.24, 2.45) is 0 Å². The number of benzene rings is 3. The lowest BCUT2D eigenvalue weighted by molar-refractivity contribution is -0.132. The molecule has 0 unspecified atom stereocenters. The highest BCUT2D eigenvalue weighted by Crippen LogP contribution is 2.36. The Bertz CT molecular complexity index is 1090. The van der Waals surface area contributed by atoms with Crippen LogP contribution >= 0.6 is 0 Å². The van der Waals surface area contributed by atoms with Crippen LogP contribution < -0.4 is 10.1 Å². The van der Waals surface area contributed by atoms with Crippen LogP contribution in [-0.2, 0) is 10.3 Å². The van der Waals surface area contributed by atoms with Gasteiger partial charge in [-0.2, -0.15) is 0 Å². The first-order valence-corrected chi connectivity index (χ1v) is 12.0. The summed E-state index contributed by atoms with van der Waals surface area (Å²) in [4.78, 5) is 32.8. The number of ether oxygens (including phenoxy) is 1. The smallest absolute Gasteiger partial charge is 0.326 e. The van der Waals surface area contributed by atoms with Crippen molar-refractivity contribution in [3.05, 3.63) is 102 Å². The lowest BCUT2D eigenvalue weighted by atomic mass is 9.83. The summed E-state index contributed by atoms with van der Waals surface area (Å²) >= 11 is 0. The van der Waals surface area contributed by atoms with Crippen LogP contribution in [0.1, 0.15) is 11.1 Å². The maximum Gasteiger partial charge on any atom is 0.326 e. The Labute approximate surface area is 205 Å². The van der Waals surface area contributed by atoms with Crippen LogP contribution in [0.2, 0.25) is 0 Å². The summed E-state index contributed by atoms with van der Waals surface area (Å²) in [6, 6.07) is 28.4. The van der Waals surface area contributed by atoms with Crippen molar-refractivity contribution in [3.63, 3.8) is 0 Å². The van der Waals surface area contributed by atoms with Gasteiger partial charge in [0.25, 0.3) is 5.91 Å². The van der Waals surface area contributed by atoms with Gasteiger partial charge >= 0.3 is 6.03 Å². The molecular weight excluding hydrogens is 440 g/mol. The normalized spacial score (nSPS) is 18.5. The molecule has 2 aliphatic rings. The van der Waals surface area contributed by atoms with Gasteiger partial charge in [-0.1, -0.05) is 78.9 Å². The molecule has 0 spiro atoms. The van der Waals surface area contributed by atoms with Crippen molar-refractivity contribution in [2.75, 3.05) is 46.0 Å². The Morgan fingerprint density at radius 1 is 0.714 bits per heavy atom. The molecule has 0 aromatic heterocycles. The fourth-order valence-electron chi connectivity index (χ4n) is 4.80. The third-order valence-corrected chi connectivity index (χ3v) is 6.74. The van der Waals surface area contributed by atoms with Crippen molar-refractivity contribution < 1.29 is 14.3 Å². The number of carbonyl (C=O) groups excluding carboxylic acids is 2. The van der Waals surface area contributed by atoms with Gasteiger partial charge in [0.05, 0.1) is 6.67 Å². The number of imide groups is 1. The highest BCUT2D eigenvalue weighted by molar-refractivity contribution is 6.09. The minimum Gasteiger partial charge on any atom is -0.492 e. The molecule has 7 nitrogen and oxygen atoms in total.